The van der Waals surface area contributed by atoms with E-state index < -0.39 is 0 Å². The van der Waals surface area contributed by atoms with Crippen molar-refractivity contribution in [2.75, 3.05) is 10.6 Å². The minimum Gasteiger partial charge on any atom is -0.325 e. The van der Waals surface area contributed by atoms with Gasteiger partial charge >= 0.3 is 0 Å². The molecule has 1 aromatic heterocycles. The fourth-order valence-corrected chi connectivity index (χ4v) is 4.80. The Labute approximate surface area is 185 Å². The number of benzene rings is 2. The molecule has 6 nitrogen and oxygen atoms in total. The molecule has 9 heteroatoms. The van der Waals surface area contributed by atoms with Gasteiger partial charge < -0.3 is 5.32 Å². The molecule has 1 heterocycles. The Balaban J connectivity index is 1.61. The maximum Gasteiger partial charge on any atom is 0.258 e. The Morgan fingerprint density at radius 1 is 1.10 bits per heavy atom. The van der Waals surface area contributed by atoms with Crippen LogP contribution in [-0.2, 0) is 4.79 Å². The molecular weight excluding hydrogens is 472 g/mol. The molecule has 0 bridgehead atoms. The van der Waals surface area contributed by atoms with Crippen molar-refractivity contribution in [3.8, 4) is 0 Å². The van der Waals surface area contributed by atoms with Gasteiger partial charge in [-0.25, -0.2) is 0 Å². The Morgan fingerprint density at radius 3 is 2.52 bits per heavy atom. The van der Waals surface area contributed by atoms with E-state index in [1.54, 1.807) is 18.2 Å². The number of nitrogens with zero attached hydrogens (tertiary/aromatic N) is 2. The summed E-state index contributed by atoms with van der Waals surface area (Å²) in [6.07, 6.45) is 0.639. The molecule has 2 aromatic carbocycles. The van der Waals surface area contributed by atoms with Crippen LogP contribution >= 0.6 is 39.0 Å². The van der Waals surface area contributed by atoms with Crippen molar-refractivity contribution < 1.29 is 9.59 Å². The number of hydrogen-bond donors (Lipinski definition) is 2. The smallest absolute Gasteiger partial charge is 0.258 e. The zero-order valence-corrected chi connectivity index (χ0v) is 19.0. The molecule has 3 aromatic rings. The van der Waals surface area contributed by atoms with Gasteiger partial charge in [-0.2, -0.15) is 0 Å². The van der Waals surface area contributed by atoms with Crippen LogP contribution < -0.4 is 10.6 Å². The molecule has 1 atom stereocenters. The van der Waals surface area contributed by atoms with Gasteiger partial charge in [-0.1, -0.05) is 59.9 Å². The molecule has 29 heavy (non-hydrogen) atoms. The summed E-state index contributed by atoms with van der Waals surface area (Å²) in [5, 5.41) is 13.9. The van der Waals surface area contributed by atoms with Crippen LogP contribution in [0.1, 0.15) is 29.3 Å². The van der Waals surface area contributed by atoms with E-state index in [-0.39, 0.29) is 17.1 Å². The highest BCUT2D eigenvalue weighted by Crippen LogP contribution is 2.31. The van der Waals surface area contributed by atoms with Crippen LogP contribution in [0.2, 0.25) is 0 Å². The number of rotatable bonds is 7. The zero-order chi connectivity index (χ0) is 20.8. The van der Waals surface area contributed by atoms with E-state index in [9.17, 15) is 9.59 Å². The van der Waals surface area contributed by atoms with Crippen molar-refractivity contribution in [3.63, 3.8) is 0 Å². The number of carbonyl (C=O) groups excluding carboxylic acids is 2. The molecule has 0 fully saturated rings. The number of hydrogen-bond acceptors (Lipinski definition) is 6. The number of nitrogens with one attached hydrogen (secondary N) is 2. The van der Waals surface area contributed by atoms with Gasteiger partial charge in [0, 0.05) is 10.2 Å². The first-order valence-electron chi connectivity index (χ1n) is 8.90. The lowest BCUT2D eigenvalue weighted by molar-refractivity contribution is -0.115. The summed E-state index contributed by atoms with van der Waals surface area (Å²) in [5.41, 5.74) is 2.41. The van der Waals surface area contributed by atoms with Crippen LogP contribution in [0.5, 0.6) is 0 Å². The Hall–Kier alpha value is -2.23. The van der Waals surface area contributed by atoms with Crippen molar-refractivity contribution in [1.29, 1.82) is 0 Å². The summed E-state index contributed by atoms with van der Waals surface area (Å²) in [7, 11) is 0. The quantitative estimate of drug-likeness (QED) is 0.343. The summed E-state index contributed by atoms with van der Waals surface area (Å²) < 4.78 is 1.33. The average molecular weight is 491 g/mol. The lowest BCUT2D eigenvalue weighted by Crippen LogP contribution is -2.24. The maximum atomic E-state index is 12.6. The number of aryl methyl sites for hydroxylation is 1. The predicted molar refractivity (Wildman–Crippen MR) is 122 cm³/mol. The van der Waals surface area contributed by atoms with Gasteiger partial charge in [0.05, 0.1) is 10.8 Å². The van der Waals surface area contributed by atoms with Gasteiger partial charge in [-0.15, -0.1) is 10.2 Å². The van der Waals surface area contributed by atoms with Crippen molar-refractivity contribution in [3.05, 3.63) is 64.1 Å². The molecule has 0 radical (unpaired) electrons. The highest BCUT2D eigenvalue weighted by Gasteiger charge is 2.21. The van der Waals surface area contributed by atoms with Gasteiger partial charge in [0.2, 0.25) is 11.0 Å². The van der Waals surface area contributed by atoms with Crippen LogP contribution in [0, 0.1) is 6.92 Å². The SMILES string of the molecule is CCC(Sc1nnc(NC(=O)c2ccccc2Br)s1)C(=O)Nc1ccc(C)cc1. The molecule has 150 valence electrons. The summed E-state index contributed by atoms with van der Waals surface area (Å²) >= 11 is 5.95. The van der Waals surface area contributed by atoms with E-state index in [0.717, 1.165) is 11.3 Å². The standard InChI is InChI=1S/C20H19BrN4O2S2/c1-3-16(18(27)22-13-10-8-12(2)9-11-13)28-20-25-24-19(29-20)23-17(26)14-6-4-5-7-15(14)21/h4-11,16H,3H2,1-2H3,(H,22,27)(H,23,24,26). The topological polar surface area (TPSA) is 84.0 Å². The molecular formula is C20H19BrN4O2S2. The second-order valence-electron chi connectivity index (χ2n) is 6.18. The largest absolute Gasteiger partial charge is 0.325 e. The molecule has 0 saturated heterocycles. The van der Waals surface area contributed by atoms with Gasteiger partial charge in [0.25, 0.3) is 5.91 Å². The molecule has 2 N–H and O–H groups in total. The summed E-state index contributed by atoms with van der Waals surface area (Å²) in [5.74, 6) is -0.357. The molecule has 1 unspecified atom stereocenters. The van der Waals surface area contributed by atoms with Crippen molar-refractivity contribution in [2.24, 2.45) is 0 Å². The van der Waals surface area contributed by atoms with Crippen LogP contribution in [0.15, 0.2) is 57.3 Å². The van der Waals surface area contributed by atoms with Crippen molar-refractivity contribution in [1.82, 2.24) is 10.2 Å². The molecule has 2 amide bonds. The third kappa shape index (κ3) is 5.88. The predicted octanol–water partition coefficient (Wildman–Crippen LogP) is 5.37. The first-order chi connectivity index (χ1) is 14.0. The number of thioether (sulfide) groups is 1. The lowest BCUT2D eigenvalue weighted by Gasteiger charge is -2.13. The van der Waals surface area contributed by atoms with E-state index >= 15 is 0 Å². The van der Waals surface area contributed by atoms with Gasteiger partial charge in [-0.3, -0.25) is 14.9 Å². The van der Waals surface area contributed by atoms with E-state index in [1.165, 1.54) is 23.1 Å². The molecule has 0 aliphatic carbocycles. The minimum atomic E-state index is -0.309. The van der Waals surface area contributed by atoms with Crippen LogP contribution in [0.3, 0.4) is 0 Å². The summed E-state index contributed by atoms with van der Waals surface area (Å²) in [6.45, 7) is 3.95. The molecule has 0 spiro atoms. The molecule has 0 saturated carbocycles. The molecule has 0 aliphatic heterocycles. The number of halogens is 1. The zero-order valence-electron chi connectivity index (χ0n) is 15.8. The molecule has 3 rings (SSSR count). The number of aromatic nitrogens is 2. The Kier molecular flexibility index (Phi) is 7.40. The lowest BCUT2D eigenvalue weighted by atomic mass is 10.2. The highest BCUT2D eigenvalue weighted by atomic mass is 79.9. The first-order valence-corrected chi connectivity index (χ1v) is 11.4. The number of amides is 2. The average Bonchev–Trinajstić information content (AvgIpc) is 3.15. The first kappa shape index (κ1) is 21.5. The van der Waals surface area contributed by atoms with E-state index in [2.05, 4.69) is 36.8 Å². The monoisotopic (exact) mass is 490 g/mol. The number of anilines is 2. The second-order valence-corrected chi connectivity index (χ2v) is 9.46. The van der Waals surface area contributed by atoms with E-state index in [0.29, 0.717) is 25.9 Å². The highest BCUT2D eigenvalue weighted by molar-refractivity contribution is 9.10. The third-order valence-corrected chi connectivity index (χ3v) is 6.95. The van der Waals surface area contributed by atoms with Gasteiger partial charge in [0.15, 0.2) is 4.34 Å². The van der Waals surface area contributed by atoms with Gasteiger partial charge in [0.1, 0.15) is 0 Å². The fourth-order valence-electron chi connectivity index (χ4n) is 2.42. The van der Waals surface area contributed by atoms with Crippen LogP contribution in [0.25, 0.3) is 0 Å². The maximum absolute atomic E-state index is 12.6. The van der Waals surface area contributed by atoms with Crippen molar-refractivity contribution >= 4 is 61.7 Å². The van der Waals surface area contributed by atoms with Crippen LogP contribution in [-0.4, -0.2) is 27.3 Å². The normalized spacial score (nSPS) is 11.7. The Bertz CT molecular complexity index is 1010. The van der Waals surface area contributed by atoms with E-state index in [4.69, 9.17) is 0 Å². The Morgan fingerprint density at radius 2 is 1.83 bits per heavy atom. The summed E-state index contributed by atoms with van der Waals surface area (Å²) in [6, 6.07) is 14.8. The minimum absolute atomic E-state index is 0.0876. The molecule has 0 aliphatic rings. The second kappa shape index (κ2) is 10.00. The third-order valence-electron chi connectivity index (χ3n) is 3.97. The number of carbonyl (C=O) groups is 2. The van der Waals surface area contributed by atoms with E-state index in [1.807, 2.05) is 44.2 Å². The van der Waals surface area contributed by atoms with Gasteiger partial charge in [-0.05, 0) is 53.5 Å². The van der Waals surface area contributed by atoms with Crippen LogP contribution in [0.4, 0.5) is 10.8 Å². The fraction of sp³-hybridized carbons (Fsp3) is 0.200. The van der Waals surface area contributed by atoms with Crippen molar-refractivity contribution in [2.45, 2.75) is 29.9 Å². The summed E-state index contributed by atoms with van der Waals surface area (Å²) in [4.78, 5) is 25.0.